The summed E-state index contributed by atoms with van der Waals surface area (Å²) in [6.45, 7) is 0. The van der Waals surface area contributed by atoms with E-state index in [0.717, 1.165) is 74.0 Å². The summed E-state index contributed by atoms with van der Waals surface area (Å²) >= 11 is 0. The van der Waals surface area contributed by atoms with E-state index in [4.69, 9.17) is 10.7 Å². The summed E-state index contributed by atoms with van der Waals surface area (Å²) in [6, 6.07) is 45.5. The summed E-state index contributed by atoms with van der Waals surface area (Å²) in [6.07, 6.45) is 15.9. The van der Waals surface area contributed by atoms with Crippen molar-refractivity contribution in [3.8, 4) is 17.2 Å². The monoisotopic (exact) mass is 658 g/mol. The first-order chi connectivity index (χ1) is 25.3. The van der Waals surface area contributed by atoms with Crippen molar-refractivity contribution in [2.24, 2.45) is 5.73 Å². The standard InChI is InChI=1S/C45H34N6/c46-26-14-21-35-29-38-42(50(35)43-27-32-16-10-12-24-40(32)48(43)33-17-5-2-6-18-33)30-37-36-22-11-13-25-41(36)51(45(37)47-38)44-28-31-15-4-1-9-23-39(31)49(44)34-19-7-3-8-20-34/h1-14,16-28,30H,15,29,46H2/b26-14-,35-21+. The summed E-state index contributed by atoms with van der Waals surface area (Å²) in [5.41, 5.74) is 17.0. The average Bonchev–Trinajstić information content (AvgIpc) is 3.88. The van der Waals surface area contributed by atoms with Gasteiger partial charge in [0, 0.05) is 39.7 Å². The minimum Gasteiger partial charge on any atom is -0.405 e. The fourth-order valence-electron chi connectivity index (χ4n) is 7.93. The summed E-state index contributed by atoms with van der Waals surface area (Å²) in [5, 5.41) is 3.45. The number of hydrogen-bond donors (Lipinski definition) is 1. The zero-order chi connectivity index (χ0) is 33.9. The number of benzene rings is 4. The quantitative estimate of drug-likeness (QED) is 0.200. The molecule has 1 aliphatic heterocycles. The number of nitrogens with zero attached hydrogens (tertiary/aromatic N) is 5. The second kappa shape index (κ2) is 11.7. The summed E-state index contributed by atoms with van der Waals surface area (Å²) < 4.78 is 7.08. The number of hydrogen-bond acceptors (Lipinski definition) is 3. The van der Waals surface area contributed by atoms with Crippen LogP contribution in [0, 0.1) is 0 Å². The molecule has 2 aliphatic rings. The molecule has 0 unspecified atom stereocenters. The molecule has 0 radical (unpaired) electrons. The molecule has 0 amide bonds. The number of rotatable bonds is 5. The van der Waals surface area contributed by atoms with Crippen LogP contribution in [0.4, 0.5) is 11.5 Å². The zero-order valence-corrected chi connectivity index (χ0v) is 27.9. The van der Waals surface area contributed by atoms with Gasteiger partial charge in [-0.1, -0.05) is 91.0 Å². The third-order valence-corrected chi connectivity index (χ3v) is 10.1. The van der Waals surface area contributed by atoms with E-state index in [1.807, 2.05) is 6.08 Å². The number of nitrogens with two attached hydrogens (primary N) is 1. The molecule has 4 aromatic carbocycles. The Morgan fingerprint density at radius 2 is 1.37 bits per heavy atom. The summed E-state index contributed by atoms with van der Waals surface area (Å²) in [4.78, 5) is 7.96. The minimum atomic E-state index is 0.664. The van der Waals surface area contributed by atoms with Crippen molar-refractivity contribution in [1.29, 1.82) is 0 Å². The van der Waals surface area contributed by atoms with Crippen molar-refractivity contribution in [3.63, 3.8) is 0 Å². The first-order valence-electron chi connectivity index (χ1n) is 17.4. The maximum absolute atomic E-state index is 5.92. The van der Waals surface area contributed by atoms with Gasteiger partial charge in [-0.2, -0.15) is 0 Å². The fraction of sp³-hybridized carbons (Fsp3) is 0.0444. The molecule has 0 bridgehead atoms. The molecule has 1 aliphatic carbocycles. The minimum absolute atomic E-state index is 0.664. The number of aromatic nitrogens is 4. The van der Waals surface area contributed by atoms with E-state index < -0.39 is 0 Å². The highest BCUT2D eigenvalue weighted by Gasteiger charge is 2.32. The van der Waals surface area contributed by atoms with E-state index >= 15 is 0 Å². The molecule has 5 heterocycles. The highest BCUT2D eigenvalue weighted by Crippen LogP contribution is 2.46. The predicted molar refractivity (Wildman–Crippen MR) is 210 cm³/mol. The molecule has 51 heavy (non-hydrogen) atoms. The lowest BCUT2D eigenvalue weighted by molar-refractivity contribution is 0.951. The first-order valence-corrected chi connectivity index (χ1v) is 17.4. The second-order valence-electron chi connectivity index (χ2n) is 13.0. The maximum Gasteiger partial charge on any atom is 0.147 e. The van der Waals surface area contributed by atoms with Crippen LogP contribution < -0.4 is 10.6 Å². The molecular weight excluding hydrogens is 625 g/mol. The average molecular weight is 659 g/mol. The van der Waals surface area contributed by atoms with Crippen LogP contribution in [0.1, 0.15) is 17.0 Å². The van der Waals surface area contributed by atoms with E-state index in [0.29, 0.717) is 6.42 Å². The number of anilines is 2. The van der Waals surface area contributed by atoms with Crippen LogP contribution in [0.3, 0.4) is 0 Å². The van der Waals surface area contributed by atoms with Crippen LogP contribution >= 0.6 is 0 Å². The molecule has 2 N–H and O–H groups in total. The van der Waals surface area contributed by atoms with Crippen molar-refractivity contribution in [3.05, 3.63) is 187 Å². The maximum atomic E-state index is 5.92. The normalized spacial score (nSPS) is 14.7. The highest BCUT2D eigenvalue weighted by molar-refractivity contribution is 6.09. The Hall–Kier alpha value is -6.79. The van der Waals surface area contributed by atoms with E-state index in [1.54, 1.807) is 6.20 Å². The van der Waals surface area contributed by atoms with Gasteiger partial charge in [0.2, 0.25) is 0 Å². The Morgan fingerprint density at radius 3 is 2.18 bits per heavy atom. The van der Waals surface area contributed by atoms with Gasteiger partial charge in [0.15, 0.2) is 0 Å². The Morgan fingerprint density at radius 1 is 0.647 bits per heavy atom. The Balaban J connectivity index is 1.26. The van der Waals surface area contributed by atoms with Gasteiger partial charge in [-0.15, -0.1) is 0 Å². The smallest absolute Gasteiger partial charge is 0.147 e. The van der Waals surface area contributed by atoms with Crippen molar-refractivity contribution in [1.82, 2.24) is 18.7 Å². The number of pyridine rings is 1. The molecule has 6 heteroatoms. The number of para-hydroxylation sites is 4. The molecule has 0 fully saturated rings. The molecule has 4 aromatic heterocycles. The summed E-state index contributed by atoms with van der Waals surface area (Å²) in [5.74, 6) is 2.13. The largest absolute Gasteiger partial charge is 0.405 e. The predicted octanol–water partition coefficient (Wildman–Crippen LogP) is 10.1. The Labute approximate surface area is 295 Å². The summed E-state index contributed by atoms with van der Waals surface area (Å²) in [7, 11) is 0. The van der Waals surface area contributed by atoms with Crippen LogP contribution in [0.25, 0.3) is 56.1 Å². The molecular formula is C45H34N6. The van der Waals surface area contributed by atoms with Gasteiger partial charge in [0.25, 0.3) is 0 Å². The highest BCUT2D eigenvalue weighted by atomic mass is 15.3. The van der Waals surface area contributed by atoms with E-state index in [9.17, 15) is 0 Å². The van der Waals surface area contributed by atoms with E-state index in [1.165, 1.54) is 16.6 Å². The lowest BCUT2D eigenvalue weighted by atomic mass is 10.1. The van der Waals surface area contributed by atoms with Crippen LogP contribution in [0.15, 0.2) is 170 Å². The fourth-order valence-corrected chi connectivity index (χ4v) is 7.93. The van der Waals surface area contributed by atoms with Gasteiger partial charge in [-0.05, 0) is 91.0 Å². The number of fused-ring (bicyclic) bond motifs is 6. The van der Waals surface area contributed by atoms with Gasteiger partial charge in [-0.25, -0.2) is 4.98 Å². The molecule has 0 saturated heterocycles. The third kappa shape index (κ3) is 4.53. The van der Waals surface area contributed by atoms with Gasteiger partial charge in [0.1, 0.15) is 17.3 Å². The van der Waals surface area contributed by atoms with Crippen molar-refractivity contribution < 1.29 is 0 Å². The lowest BCUT2D eigenvalue weighted by Gasteiger charge is -2.24. The van der Waals surface area contributed by atoms with E-state index in [2.05, 4.69) is 176 Å². The van der Waals surface area contributed by atoms with Crippen molar-refractivity contribution in [2.45, 2.75) is 12.8 Å². The van der Waals surface area contributed by atoms with Gasteiger partial charge >= 0.3 is 0 Å². The van der Waals surface area contributed by atoms with Gasteiger partial charge in [-0.3, -0.25) is 18.6 Å². The zero-order valence-electron chi connectivity index (χ0n) is 27.9. The third-order valence-electron chi connectivity index (χ3n) is 10.1. The van der Waals surface area contributed by atoms with Crippen molar-refractivity contribution in [2.75, 3.05) is 4.90 Å². The molecule has 244 valence electrons. The van der Waals surface area contributed by atoms with Gasteiger partial charge in [0.05, 0.1) is 28.1 Å². The Bertz CT molecular complexity index is 2750. The van der Waals surface area contributed by atoms with Crippen LogP contribution in [0.5, 0.6) is 0 Å². The molecule has 0 spiro atoms. The lowest BCUT2D eigenvalue weighted by Crippen LogP contribution is -2.15. The molecule has 0 atom stereocenters. The molecule has 6 nitrogen and oxygen atoms in total. The molecule has 0 saturated carbocycles. The SMILES string of the molecule is N/C=C\C=C1/Cc2nc3c(cc2N1c1cc2ccccc2n1-c1ccccc1)c1ccccc1n3-c1cc2c(n1-c1ccccc1)C=CC=CC2. The van der Waals surface area contributed by atoms with Gasteiger partial charge < -0.3 is 5.73 Å². The molecule has 10 rings (SSSR count). The number of allylic oxidation sites excluding steroid dienone is 6. The van der Waals surface area contributed by atoms with E-state index in [-0.39, 0.29) is 0 Å². The first kappa shape index (κ1) is 29.2. The Kier molecular flexibility index (Phi) is 6.67. The van der Waals surface area contributed by atoms with Crippen molar-refractivity contribution >= 4 is 50.4 Å². The second-order valence-corrected chi connectivity index (χ2v) is 13.0. The molecule has 8 aromatic rings. The van der Waals surface area contributed by atoms with Crippen LogP contribution in [-0.2, 0) is 12.8 Å². The van der Waals surface area contributed by atoms with Crippen LogP contribution in [0.2, 0.25) is 0 Å². The topological polar surface area (TPSA) is 56.9 Å². The van der Waals surface area contributed by atoms with Crippen LogP contribution in [-0.4, -0.2) is 18.7 Å².